The van der Waals surface area contributed by atoms with Gasteiger partial charge in [-0.25, -0.2) is 9.78 Å². The molecule has 2 aromatic carbocycles. The SMILES string of the molecule is CC.CC.CCC(=O)NCC(=O)NCc1c2c(nc3ccc4ccccc4c13)-c1cc3c(c(=O)n1C2)COC(=O)C3O. The van der Waals surface area contributed by atoms with E-state index in [0.717, 1.165) is 27.3 Å². The Bertz CT molecular complexity index is 1740. The molecule has 2 aromatic heterocycles. The summed E-state index contributed by atoms with van der Waals surface area (Å²) in [7, 11) is 0. The van der Waals surface area contributed by atoms with E-state index in [1.807, 2.05) is 64.1 Å². The summed E-state index contributed by atoms with van der Waals surface area (Å²) in [5.41, 5.74) is 3.44. The van der Waals surface area contributed by atoms with Crippen LogP contribution in [0.3, 0.4) is 0 Å². The second-order valence-corrected chi connectivity index (χ2v) is 9.37. The third-order valence-corrected chi connectivity index (χ3v) is 7.19. The van der Waals surface area contributed by atoms with Gasteiger partial charge in [-0.05, 0) is 28.5 Å². The highest BCUT2D eigenvalue weighted by atomic mass is 16.5. The van der Waals surface area contributed by atoms with Crippen molar-refractivity contribution in [2.45, 2.75) is 66.8 Å². The topological polar surface area (TPSA) is 140 Å². The number of nitrogens with one attached hydrogen (secondary N) is 2. The zero-order chi connectivity index (χ0) is 30.6. The lowest BCUT2D eigenvalue weighted by Gasteiger charge is -2.21. The number of rotatable bonds is 5. The minimum absolute atomic E-state index is 0.142. The van der Waals surface area contributed by atoms with E-state index in [1.165, 1.54) is 0 Å². The van der Waals surface area contributed by atoms with Gasteiger partial charge in [0.05, 0.1) is 35.6 Å². The Hall–Kier alpha value is -4.57. The molecule has 4 aromatic rings. The summed E-state index contributed by atoms with van der Waals surface area (Å²) in [4.78, 5) is 54.5. The average molecular weight is 573 g/mol. The maximum Gasteiger partial charge on any atom is 0.340 e. The number of carbonyl (C=O) groups excluding carboxylic acids is 3. The third-order valence-electron chi connectivity index (χ3n) is 7.19. The van der Waals surface area contributed by atoms with E-state index >= 15 is 0 Å². The van der Waals surface area contributed by atoms with E-state index in [9.17, 15) is 24.3 Å². The highest BCUT2D eigenvalue weighted by molar-refractivity contribution is 6.09. The van der Waals surface area contributed by atoms with Gasteiger partial charge in [0, 0.05) is 29.5 Å². The van der Waals surface area contributed by atoms with Gasteiger partial charge in [0.15, 0.2) is 6.10 Å². The second kappa shape index (κ2) is 12.9. The summed E-state index contributed by atoms with van der Waals surface area (Å²) in [5.74, 6) is -1.35. The lowest BCUT2D eigenvalue weighted by atomic mass is 9.95. The number of ether oxygens (including phenoxy) is 1. The summed E-state index contributed by atoms with van der Waals surface area (Å²) in [6.45, 7) is 9.74. The van der Waals surface area contributed by atoms with E-state index in [4.69, 9.17) is 9.72 Å². The van der Waals surface area contributed by atoms with Crippen LogP contribution in [0.5, 0.6) is 0 Å². The summed E-state index contributed by atoms with van der Waals surface area (Å²) in [6, 6.07) is 13.4. The van der Waals surface area contributed by atoms with Crippen molar-refractivity contribution in [3.05, 3.63) is 75.1 Å². The molecule has 0 fully saturated rings. The Morgan fingerprint density at radius 3 is 2.50 bits per heavy atom. The number of pyridine rings is 2. The lowest BCUT2D eigenvalue weighted by molar-refractivity contribution is -0.157. The van der Waals surface area contributed by atoms with Gasteiger partial charge >= 0.3 is 5.97 Å². The molecule has 0 aliphatic carbocycles. The van der Waals surface area contributed by atoms with Gasteiger partial charge in [0.1, 0.15) is 6.61 Å². The normalized spacial score (nSPS) is 14.3. The molecule has 1 unspecified atom stereocenters. The Balaban J connectivity index is 0.000000972. The quantitative estimate of drug-likeness (QED) is 0.215. The fourth-order valence-electron chi connectivity index (χ4n) is 5.24. The number of fused-ring (bicyclic) bond motifs is 7. The number of hydrogen-bond donors (Lipinski definition) is 3. The first-order valence-electron chi connectivity index (χ1n) is 14.4. The number of benzene rings is 2. The number of aliphatic hydroxyl groups excluding tert-OH is 1. The monoisotopic (exact) mass is 572 g/mol. The van der Waals surface area contributed by atoms with Crippen LogP contribution in [0, 0.1) is 0 Å². The molecule has 0 saturated heterocycles. The molecule has 3 N–H and O–H groups in total. The van der Waals surface area contributed by atoms with E-state index in [0.29, 0.717) is 16.9 Å². The average Bonchev–Trinajstić information content (AvgIpc) is 3.40. The molecular weight excluding hydrogens is 536 g/mol. The van der Waals surface area contributed by atoms with Crippen molar-refractivity contribution in [3.8, 4) is 11.4 Å². The smallest absolute Gasteiger partial charge is 0.340 e. The number of aromatic nitrogens is 2. The number of esters is 1. The van der Waals surface area contributed by atoms with E-state index in [2.05, 4.69) is 10.6 Å². The maximum absolute atomic E-state index is 13.4. The predicted octanol–water partition coefficient (Wildman–Crippen LogP) is 3.86. The summed E-state index contributed by atoms with van der Waals surface area (Å²) < 4.78 is 6.55. The zero-order valence-electron chi connectivity index (χ0n) is 24.5. The van der Waals surface area contributed by atoms with Crippen LogP contribution in [-0.2, 0) is 38.8 Å². The Labute approximate surface area is 243 Å². The van der Waals surface area contributed by atoms with Gasteiger partial charge in [-0.3, -0.25) is 14.4 Å². The third kappa shape index (κ3) is 5.37. The first-order chi connectivity index (χ1) is 20.4. The zero-order valence-corrected chi connectivity index (χ0v) is 24.5. The highest BCUT2D eigenvalue weighted by Crippen LogP contribution is 2.39. The van der Waals surface area contributed by atoms with Crippen molar-refractivity contribution in [2.24, 2.45) is 0 Å². The molecule has 0 bridgehead atoms. The van der Waals surface area contributed by atoms with Gasteiger partial charge in [0.2, 0.25) is 11.8 Å². The van der Waals surface area contributed by atoms with E-state index < -0.39 is 12.1 Å². The molecule has 10 nitrogen and oxygen atoms in total. The largest absolute Gasteiger partial charge is 0.458 e. The van der Waals surface area contributed by atoms with Crippen LogP contribution < -0.4 is 16.2 Å². The molecule has 0 radical (unpaired) electrons. The molecule has 1 atom stereocenters. The van der Waals surface area contributed by atoms with Gasteiger partial charge < -0.3 is 25.0 Å². The van der Waals surface area contributed by atoms with Gasteiger partial charge in [0.25, 0.3) is 5.56 Å². The van der Waals surface area contributed by atoms with Gasteiger partial charge in [-0.15, -0.1) is 0 Å². The standard InChI is InChI=1S/C28H24N4O6.2C2H6/c1-2-22(33)30-11-23(34)29-10-17-18-12-32-21(9-16-19(27(32)36)13-38-28(37)26(16)35)25(18)31-20-8-7-14-5-3-4-6-15(14)24(17)20;2*1-2/h3-9,26,35H,2,10-13H2,1H3,(H,29,34)(H,30,33);2*1-2H3. The summed E-state index contributed by atoms with van der Waals surface area (Å²) >= 11 is 0. The van der Waals surface area contributed by atoms with Gasteiger partial charge in [-0.2, -0.15) is 0 Å². The molecule has 6 rings (SSSR count). The van der Waals surface area contributed by atoms with Crippen LogP contribution in [0.4, 0.5) is 0 Å². The number of nitrogens with zero attached hydrogens (tertiary/aromatic N) is 2. The molecular formula is C32H36N4O6. The summed E-state index contributed by atoms with van der Waals surface area (Å²) in [6.07, 6.45) is -1.26. The molecule has 2 aliphatic rings. The van der Waals surface area contributed by atoms with Gasteiger partial charge in [-0.1, -0.05) is 65.0 Å². The van der Waals surface area contributed by atoms with Crippen LogP contribution in [0.1, 0.15) is 69.4 Å². The minimum Gasteiger partial charge on any atom is -0.458 e. The predicted molar refractivity (Wildman–Crippen MR) is 161 cm³/mol. The molecule has 4 heterocycles. The van der Waals surface area contributed by atoms with Crippen molar-refractivity contribution in [2.75, 3.05) is 6.54 Å². The number of amides is 2. The minimum atomic E-state index is -1.54. The molecule has 2 amide bonds. The van der Waals surface area contributed by atoms with Crippen LogP contribution in [0.15, 0.2) is 47.3 Å². The maximum atomic E-state index is 13.4. The Kier molecular flexibility index (Phi) is 9.37. The molecule has 10 heteroatoms. The molecule has 0 spiro atoms. The summed E-state index contributed by atoms with van der Waals surface area (Å²) in [5, 5.41) is 18.7. The fourth-order valence-corrected chi connectivity index (χ4v) is 5.24. The number of carbonyl (C=O) groups is 3. The fraction of sp³-hybridized carbons (Fsp3) is 0.344. The van der Waals surface area contributed by atoms with Crippen LogP contribution >= 0.6 is 0 Å². The van der Waals surface area contributed by atoms with Crippen molar-refractivity contribution in [1.82, 2.24) is 20.2 Å². The molecule has 42 heavy (non-hydrogen) atoms. The van der Waals surface area contributed by atoms with Crippen molar-refractivity contribution in [1.29, 1.82) is 0 Å². The molecule has 2 aliphatic heterocycles. The first-order valence-corrected chi connectivity index (χ1v) is 14.4. The number of aliphatic hydroxyl groups is 1. The van der Waals surface area contributed by atoms with Crippen LogP contribution in [-0.4, -0.2) is 39.0 Å². The number of hydrogen-bond acceptors (Lipinski definition) is 7. The Morgan fingerprint density at radius 2 is 1.76 bits per heavy atom. The lowest BCUT2D eigenvalue weighted by Crippen LogP contribution is -2.36. The van der Waals surface area contributed by atoms with Crippen molar-refractivity contribution in [3.63, 3.8) is 0 Å². The van der Waals surface area contributed by atoms with Crippen molar-refractivity contribution >= 4 is 39.5 Å². The van der Waals surface area contributed by atoms with Crippen LogP contribution in [0.25, 0.3) is 33.1 Å². The van der Waals surface area contributed by atoms with E-state index in [1.54, 1.807) is 17.6 Å². The second-order valence-electron chi connectivity index (χ2n) is 9.37. The first kappa shape index (κ1) is 30.4. The number of cyclic esters (lactones) is 1. The highest BCUT2D eigenvalue weighted by Gasteiger charge is 2.34. The van der Waals surface area contributed by atoms with E-state index in [-0.39, 0.29) is 61.2 Å². The van der Waals surface area contributed by atoms with Crippen molar-refractivity contribution < 1.29 is 24.2 Å². The molecule has 0 saturated carbocycles. The molecule has 220 valence electrons. The van der Waals surface area contributed by atoms with Crippen LogP contribution in [0.2, 0.25) is 0 Å². The Morgan fingerprint density at radius 1 is 1.02 bits per heavy atom.